The van der Waals surface area contributed by atoms with Crippen LogP contribution in [-0.4, -0.2) is 16.6 Å². The molecule has 0 aromatic heterocycles. The van der Waals surface area contributed by atoms with Gasteiger partial charge >= 0.3 is 0 Å². The zero-order valence-corrected chi connectivity index (χ0v) is 9.76. The monoisotopic (exact) mass is 223 g/mol. The molecule has 2 rings (SSSR count). The Hall–Kier alpha value is -0.670. The van der Waals surface area contributed by atoms with Crippen LogP contribution in [0.4, 0.5) is 5.69 Å². The number of aliphatic hydroxyl groups is 1. The highest BCUT2D eigenvalue weighted by molar-refractivity contribution is 7.99. The van der Waals surface area contributed by atoms with Crippen LogP contribution in [0.5, 0.6) is 0 Å². The summed E-state index contributed by atoms with van der Waals surface area (Å²) < 4.78 is 0. The molecule has 15 heavy (non-hydrogen) atoms. The highest BCUT2D eigenvalue weighted by atomic mass is 32.2. The van der Waals surface area contributed by atoms with E-state index in [2.05, 4.69) is 0 Å². The lowest BCUT2D eigenvalue weighted by atomic mass is 9.82. The summed E-state index contributed by atoms with van der Waals surface area (Å²) in [5, 5.41) is 10.5. The van der Waals surface area contributed by atoms with Crippen molar-refractivity contribution in [3.05, 3.63) is 29.8 Å². The van der Waals surface area contributed by atoms with Crippen LogP contribution in [0.2, 0.25) is 0 Å². The molecule has 1 aliphatic heterocycles. The van der Waals surface area contributed by atoms with Crippen LogP contribution in [0.3, 0.4) is 0 Å². The summed E-state index contributed by atoms with van der Waals surface area (Å²) in [6, 6.07) is 7.56. The molecule has 0 aliphatic carbocycles. The van der Waals surface area contributed by atoms with E-state index in [1.165, 1.54) is 0 Å². The summed E-state index contributed by atoms with van der Waals surface area (Å²) in [6.45, 7) is 1.91. The molecule has 0 saturated carbocycles. The fraction of sp³-hybridized carbons (Fsp3) is 0.500. The number of hydrogen-bond acceptors (Lipinski definition) is 3. The minimum Gasteiger partial charge on any atom is -0.399 e. The maximum absolute atomic E-state index is 10.5. The van der Waals surface area contributed by atoms with Gasteiger partial charge in [0.1, 0.15) is 0 Å². The van der Waals surface area contributed by atoms with Gasteiger partial charge in [-0.05, 0) is 42.5 Å². The normalized spacial score (nSPS) is 25.1. The lowest BCUT2D eigenvalue weighted by Gasteiger charge is -2.30. The molecule has 1 heterocycles. The molecule has 1 aromatic rings. The Morgan fingerprint density at radius 3 is 2.60 bits per heavy atom. The van der Waals surface area contributed by atoms with E-state index >= 15 is 0 Å². The van der Waals surface area contributed by atoms with Crippen molar-refractivity contribution < 1.29 is 5.11 Å². The molecule has 0 bridgehead atoms. The van der Waals surface area contributed by atoms with Crippen molar-refractivity contribution in [2.75, 3.05) is 17.2 Å². The Bertz CT molecular complexity index is 328. The lowest BCUT2D eigenvalue weighted by Crippen LogP contribution is -2.31. The third-order valence-electron chi connectivity index (χ3n) is 3.22. The number of rotatable bonds is 2. The van der Waals surface area contributed by atoms with Crippen LogP contribution in [0, 0.1) is 5.92 Å². The fourth-order valence-electron chi connectivity index (χ4n) is 2.03. The second-order valence-electron chi connectivity index (χ2n) is 4.33. The molecule has 1 saturated heterocycles. The number of benzene rings is 1. The average Bonchev–Trinajstić information content (AvgIpc) is 2.71. The molecule has 0 radical (unpaired) electrons. The van der Waals surface area contributed by atoms with Gasteiger partial charge in [0.2, 0.25) is 0 Å². The zero-order valence-electron chi connectivity index (χ0n) is 8.94. The molecular formula is C12H17NOS. The van der Waals surface area contributed by atoms with E-state index in [0.717, 1.165) is 29.2 Å². The SMILES string of the molecule is CC(O)(c1ccc(N)cc1)C1CCSC1. The van der Waals surface area contributed by atoms with E-state index in [1.807, 2.05) is 43.0 Å². The van der Waals surface area contributed by atoms with Crippen molar-refractivity contribution in [2.24, 2.45) is 5.92 Å². The second kappa shape index (κ2) is 4.06. The molecular weight excluding hydrogens is 206 g/mol. The van der Waals surface area contributed by atoms with Gasteiger partial charge in [-0.3, -0.25) is 0 Å². The highest BCUT2D eigenvalue weighted by Gasteiger charge is 2.35. The van der Waals surface area contributed by atoms with E-state index in [9.17, 15) is 5.11 Å². The maximum Gasteiger partial charge on any atom is 0.0904 e. The Balaban J connectivity index is 2.23. The van der Waals surface area contributed by atoms with Gasteiger partial charge in [0.05, 0.1) is 5.60 Å². The van der Waals surface area contributed by atoms with Gasteiger partial charge in [-0.2, -0.15) is 11.8 Å². The van der Waals surface area contributed by atoms with Gasteiger partial charge in [-0.15, -0.1) is 0 Å². The standard InChI is InChI=1S/C12H17NOS/c1-12(14,10-6-7-15-8-10)9-2-4-11(13)5-3-9/h2-5,10,14H,6-8,13H2,1H3. The Morgan fingerprint density at radius 2 is 2.07 bits per heavy atom. The molecule has 1 aromatic carbocycles. The van der Waals surface area contributed by atoms with Crippen molar-refractivity contribution in [3.63, 3.8) is 0 Å². The predicted molar refractivity (Wildman–Crippen MR) is 65.9 cm³/mol. The smallest absolute Gasteiger partial charge is 0.0904 e. The van der Waals surface area contributed by atoms with Gasteiger partial charge < -0.3 is 10.8 Å². The summed E-state index contributed by atoms with van der Waals surface area (Å²) in [5.41, 5.74) is 6.65. The van der Waals surface area contributed by atoms with Gasteiger partial charge in [0.15, 0.2) is 0 Å². The van der Waals surface area contributed by atoms with E-state index in [4.69, 9.17) is 5.73 Å². The molecule has 3 heteroatoms. The number of nitrogen functional groups attached to an aromatic ring is 1. The van der Waals surface area contributed by atoms with Crippen molar-refractivity contribution in [1.82, 2.24) is 0 Å². The van der Waals surface area contributed by atoms with Crippen molar-refractivity contribution in [1.29, 1.82) is 0 Å². The highest BCUT2D eigenvalue weighted by Crippen LogP contribution is 2.38. The van der Waals surface area contributed by atoms with Crippen molar-refractivity contribution in [3.8, 4) is 0 Å². The summed E-state index contributed by atoms with van der Waals surface area (Å²) in [6.07, 6.45) is 1.10. The maximum atomic E-state index is 10.5. The lowest BCUT2D eigenvalue weighted by molar-refractivity contribution is 0.00476. The van der Waals surface area contributed by atoms with Gasteiger partial charge in [-0.25, -0.2) is 0 Å². The first kappa shape index (κ1) is 10.8. The third kappa shape index (κ3) is 2.13. The largest absolute Gasteiger partial charge is 0.399 e. The summed E-state index contributed by atoms with van der Waals surface area (Å²) >= 11 is 1.92. The summed E-state index contributed by atoms with van der Waals surface area (Å²) in [5.74, 6) is 2.58. The zero-order chi connectivity index (χ0) is 10.9. The van der Waals surface area contributed by atoms with Crippen LogP contribution in [0.25, 0.3) is 0 Å². The number of thioether (sulfide) groups is 1. The molecule has 2 unspecified atom stereocenters. The minimum absolute atomic E-state index is 0.367. The molecule has 0 amide bonds. The number of anilines is 1. The first-order valence-electron chi connectivity index (χ1n) is 5.27. The van der Waals surface area contributed by atoms with Crippen molar-refractivity contribution in [2.45, 2.75) is 18.9 Å². The fourth-order valence-corrected chi connectivity index (χ4v) is 3.43. The first-order valence-corrected chi connectivity index (χ1v) is 6.42. The van der Waals surface area contributed by atoms with Crippen molar-refractivity contribution >= 4 is 17.4 Å². The third-order valence-corrected chi connectivity index (χ3v) is 4.38. The molecule has 82 valence electrons. The molecule has 1 aliphatic rings. The van der Waals surface area contributed by atoms with E-state index in [1.54, 1.807) is 0 Å². The molecule has 3 N–H and O–H groups in total. The minimum atomic E-state index is -0.711. The topological polar surface area (TPSA) is 46.2 Å². The van der Waals surface area contributed by atoms with Crippen LogP contribution in [0.15, 0.2) is 24.3 Å². The number of hydrogen-bond donors (Lipinski definition) is 2. The van der Waals surface area contributed by atoms with E-state index in [0.29, 0.717) is 5.92 Å². The quantitative estimate of drug-likeness (QED) is 0.756. The Morgan fingerprint density at radius 1 is 1.40 bits per heavy atom. The predicted octanol–water partition coefficient (Wildman–Crippen LogP) is 2.23. The molecule has 0 spiro atoms. The summed E-state index contributed by atoms with van der Waals surface area (Å²) in [4.78, 5) is 0. The Kier molecular flexibility index (Phi) is 2.94. The molecule has 2 atom stereocenters. The summed E-state index contributed by atoms with van der Waals surface area (Å²) in [7, 11) is 0. The molecule has 2 nitrogen and oxygen atoms in total. The van der Waals surface area contributed by atoms with E-state index < -0.39 is 5.60 Å². The van der Waals surface area contributed by atoms with Gasteiger partial charge in [0, 0.05) is 11.6 Å². The van der Waals surface area contributed by atoms with Gasteiger partial charge in [0.25, 0.3) is 0 Å². The Labute approximate surface area is 94.9 Å². The molecule has 1 fully saturated rings. The van der Waals surface area contributed by atoms with Crippen LogP contribution in [0.1, 0.15) is 18.9 Å². The van der Waals surface area contributed by atoms with E-state index in [-0.39, 0.29) is 0 Å². The van der Waals surface area contributed by atoms with Crippen LogP contribution >= 0.6 is 11.8 Å². The van der Waals surface area contributed by atoms with Gasteiger partial charge in [-0.1, -0.05) is 12.1 Å². The number of nitrogens with two attached hydrogens (primary N) is 1. The first-order chi connectivity index (χ1) is 7.10. The average molecular weight is 223 g/mol. The van der Waals surface area contributed by atoms with Crippen LogP contribution in [-0.2, 0) is 5.60 Å². The second-order valence-corrected chi connectivity index (χ2v) is 5.48. The van der Waals surface area contributed by atoms with Crippen LogP contribution < -0.4 is 5.73 Å².